The number of benzene rings is 2. The summed E-state index contributed by atoms with van der Waals surface area (Å²) in [5, 5.41) is 9.96. The van der Waals surface area contributed by atoms with Gasteiger partial charge in [0, 0.05) is 34.0 Å². The van der Waals surface area contributed by atoms with Crippen LogP contribution < -0.4 is 0 Å². The minimum absolute atomic E-state index is 0.0994. The highest BCUT2D eigenvalue weighted by molar-refractivity contribution is 6.15. The maximum absolute atomic E-state index is 14.5. The molecular weight excluding hydrogens is 525 g/mol. The number of hydrogen-bond acceptors (Lipinski definition) is 6. The van der Waals surface area contributed by atoms with Gasteiger partial charge in [0.1, 0.15) is 17.5 Å². The lowest BCUT2D eigenvalue weighted by atomic mass is 10.0. The molecular formula is C32H28FN3O5. The lowest BCUT2D eigenvalue weighted by Gasteiger charge is -2.13. The van der Waals surface area contributed by atoms with E-state index in [2.05, 4.69) is 0 Å². The molecule has 0 aliphatic carbocycles. The highest BCUT2D eigenvalue weighted by Gasteiger charge is 2.23. The van der Waals surface area contributed by atoms with Gasteiger partial charge in [0.2, 0.25) is 5.78 Å². The number of esters is 2. The Morgan fingerprint density at radius 3 is 1.98 bits per heavy atom. The summed E-state index contributed by atoms with van der Waals surface area (Å²) in [5.74, 6) is -2.17. The number of methoxy groups -OCH3 is 2. The molecule has 0 unspecified atom stereocenters. The van der Waals surface area contributed by atoms with Gasteiger partial charge in [-0.15, -0.1) is 0 Å². The average Bonchev–Trinajstić information content (AvgIpc) is 3.42. The zero-order chi connectivity index (χ0) is 30.0. The normalized spacial score (nSPS) is 11.2. The number of halogens is 1. The van der Waals surface area contributed by atoms with Crippen molar-refractivity contribution in [2.75, 3.05) is 14.2 Å². The van der Waals surface area contributed by atoms with E-state index in [1.54, 1.807) is 72.4 Å². The first-order chi connectivity index (χ1) is 19.5. The zero-order valence-electron chi connectivity index (χ0n) is 23.5. The number of ketones is 1. The third-order valence-electron chi connectivity index (χ3n) is 6.92. The Morgan fingerprint density at radius 2 is 1.41 bits per heavy atom. The summed E-state index contributed by atoms with van der Waals surface area (Å²) < 4.78 is 27.7. The molecule has 9 heteroatoms. The number of carbonyl (C=O) groups is 3. The standard InChI is InChI=1S/C32H28FN3O5/c1-18-11-22(20(3)36(18)29-10-8-7-9-28(29)33)13-25(17-34)30(37)27-12-19(2)35(21(27)4)26-15-23(31(38)40-5)14-24(16-26)32(39)41-6/h7-16H,1-6H3. The molecule has 4 rings (SSSR count). The van der Waals surface area contributed by atoms with Gasteiger partial charge in [0.05, 0.1) is 31.0 Å². The summed E-state index contributed by atoms with van der Waals surface area (Å²) in [6, 6.07) is 16.3. The predicted molar refractivity (Wildman–Crippen MR) is 151 cm³/mol. The lowest BCUT2D eigenvalue weighted by molar-refractivity contribution is 0.0598. The molecule has 0 spiro atoms. The van der Waals surface area contributed by atoms with Gasteiger partial charge >= 0.3 is 11.9 Å². The van der Waals surface area contributed by atoms with Crippen LogP contribution in [0.25, 0.3) is 17.5 Å². The molecule has 8 nitrogen and oxygen atoms in total. The van der Waals surface area contributed by atoms with Gasteiger partial charge in [-0.25, -0.2) is 14.0 Å². The van der Waals surface area contributed by atoms with Crippen LogP contribution in [0.5, 0.6) is 0 Å². The number of hydrogen-bond donors (Lipinski definition) is 0. The monoisotopic (exact) mass is 553 g/mol. The number of nitriles is 1. The smallest absolute Gasteiger partial charge is 0.337 e. The first-order valence-electron chi connectivity index (χ1n) is 12.6. The van der Waals surface area contributed by atoms with E-state index in [4.69, 9.17) is 9.47 Å². The summed E-state index contributed by atoms with van der Waals surface area (Å²) in [6.45, 7) is 7.10. The van der Waals surface area contributed by atoms with E-state index in [1.165, 1.54) is 32.4 Å². The summed E-state index contributed by atoms with van der Waals surface area (Å²) in [5.41, 5.74) is 4.43. The molecule has 0 saturated carbocycles. The van der Waals surface area contributed by atoms with Gasteiger partial charge < -0.3 is 18.6 Å². The maximum atomic E-state index is 14.5. The molecule has 0 aliphatic rings. The molecule has 2 aromatic carbocycles. The van der Waals surface area contributed by atoms with Crippen molar-refractivity contribution in [2.45, 2.75) is 27.7 Å². The second-order valence-electron chi connectivity index (χ2n) is 9.48. The summed E-state index contributed by atoms with van der Waals surface area (Å²) >= 11 is 0. The first kappa shape index (κ1) is 28.8. The number of nitrogens with zero attached hydrogens (tertiary/aromatic N) is 3. The van der Waals surface area contributed by atoms with Gasteiger partial charge in [-0.05, 0) is 81.8 Å². The minimum Gasteiger partial charge on any atom is -0.465 e. The van der Waals surface area contributed by atoms with Gasteiger partial charge in [-0.2, -0.15) is 5.26 Å². The van der Waals surface area contributed by atoms with Crippen LogP contribution in [0.15, 0.2) is 60.2 Å². The Kier molecular flexibility index (Phi) is 8.06. The zero-order valence-corrected chi connectivity index (χ0v) is 23.5. The van der Waals surface area contributed by atoms with Crippen molar-refractivity contribution in [3.05, 3.63) is 111 Å². The Hall–Kier alpha value is -5.23. The summed E-state index contributed by atoms with van der Waals surface area (Å²) in [4.78, 5) is 38.3. The highest BCUT2D eigenvalue weighted by Crippen LogP contribution is 2.28. The van der Waals surface area contributed by atoms with Gasteiger partial charge in [-0.1, -0.05) is 12.1 Å². The molecule has 0 N–H and O–H groups in total. The SMILES string of the molecule is COC(=O)c1cc(C(=O)OC)cc(-n2c(C)cc(C(=O)C(C#N)=Cc3cc(C)n(-c4ccccc4F)c3C)c2C)c1. The van der Waals surface area contributed by atoms with Crippen molar-refractivity contribution < 1.29 is 28.2 Å². The van der Waals surface area contributed by atoms with Crippen LogP contribution in [0.3, 0.4) is 0 Å². The lowest BCUT2D eigenvalue weighted by Crippen LogP contribution is -2.10. The predicted octanol–water partition coefficient (Wildman–Crippen LogP) is 6.00. The Morgan fingerprint density at radius 1 is 0.829 bits per heavy atom. The van der Waals surface area contributed by atoms with Crippen LogP contribution in [0, 0.1) is 44.8 Å². The van der Waals surface area contributed by atoms with Crippen LogP contribution in [0.2, 0.25) is 0 Å². The number of ether oxygens (including phenoxy) is 2. The number of para-hydroxylation sites is 1. The van der Waals surface area contributed by atoms with E-state index in [-0.39, 0.29) is 28.1 Å². The number of rotatable bonds is 7. The topological polar surface area (TPSA) is 103 Å². The van der Waals surface area contributed by atoms with Gasteiger partial charge in [0.15, 0.2) is 0 Å². The highest BCUT2D eigenvalue weighted by atomic mass is 19.1. The number of Topliss-reactive ketones (excluding diaryl/α,β-unsaturated/α-hetero) is 1. The van der Waals surface area contributed by atoms with Crippen LogP contribution in [0.4, 0.5) is 4.39 Å². The molecule has 2 heterocycles. The molecule has 0 atom stereocenters. The number of aryl methyl sites for hydroxylation is 2. The van der Waals surface area contributed by atoms with Crippen molar-refractivity contribution in [2.24, 2.45) is 0 Å². The van der Waals surface area contributed by atoms with Crippen LogP contribution in [-0.4, -0.2) is 41.1 Å². The van der Waals surface area contributed by atoms with E-state index in [1.807, 2.05) is 13.0 Å². The fraction of sp³-hybridized carbons (Fsp3) is 0.188. The second kappa shape index (κ2) is 11.5. The molecule has 0 saturated heterocycles. The fourth-order valence-corrected chi connectivity index (χ4v) is 4.99. The number of aromatic nitrogens is 2. The van der Waals surface area contributed by atoms with Crippen molar-refractivity contribution >= 4 is 23.8 Å². The van der Waals surface area contributed by atoms with Gasteiger partial charge in [-0.3, -0.25) is 4.79 Å². The summed E-state index contributed by atoms with van der Waals surface area (Å²) in [6.07, 6.45) is 1.50. The van der Waals surface area contributed by atoms with E-state index in [0.29, 0.717) is 34.0 Å². The Bertz CT molecular complexity index is 1750. The minimum atomic E-state index is -0.640. The Labute approximate surface area is 236 Å². The second-order valence-corrected chi connectivity index (χ2v) is 9.48. The molecule has 41 heavy (non-hydrogen) atoms. The number of allylic oxidation sites excluding steroid dienone is 1. The summed E-state index contributed by atoms with van der Waals surface area (Å²) in [7, 11) is 2.47. The van der Waals surface area contributed by atoms with Crippen molar-refractivity contribution in [1.29, 1.82) is 5.26 Å². The molecule has 0 bridgehead atoms. The van der Waals surface area contributed by atoms with Crippen LogP contribution in [0.1, 0.15) is 59.4 Å². The fourth-order valence-electron chi connectivity index (χ4n) is 4.99. The quantitative estimate of drug-likeness (QED) is 0.120. The molecule has 4 aromatic rings. The maximum Gasteiger partial charge on any atom is 0.337 e. The average molecular weight is 554 g/mol. The largest absolute Gasteiger partial charge is 0.465 e. The third kappa shape index (κ3) is 5.32. The molecule has 2 aromatic heterocycles. The van der Waals surface area contributed by atoms with E-state index < -0.39 is 17.7 Å². The number of carbonyl (C=O) groups excluding carboxylic acids is 3. The molecule has 0 fully saturated rings. The van der Waals surface area contributed by atoms with Crippen molar-refractivity contribution in [1.82, 2.24) is 9.13 Å². The van der Waals surface area contributed by atoms with Crippen LogP contribution >= 0.6 is 0 Å². The molecule has 0 amide bonds. The Balaban J connectivity index is 1.79. The van der Waals surface area contributed by atoms with E-state index in [0.717, 1.165) is 5.69 Å². The van der Waals surface area contributed by atoms with E-state index >= 15 is 0 Å². The van der Waals surface area contributed by atoms with E-state index in [9.17, 15) is 24.0 Å². The molecule has 0 radical (unpaired) electrons. The third-order valence-corrected chi connectivity index (χ3v) is 6.92. The van der Waals surface area contributed by atoms with Gasteiger partial charge in [0.25, 0.3) is 0 Å². The van der Waals surface area contributed by atoms with Crippen LogP contribution in [-0.2, 0) is 9.47 Å². The van der Waals surface area contributed by atoms with Crippen molar-refractivity contribution in [3.63, 3.8) is 0 Å². The molecule has 0 aliphatic heterocycles. The molecule has 208 valence electrons. The first-order valence-corrected chi connectivity index (χ1v) is 12.6. The van der Waals surface area contributed by atoms with Crippen molar-refractivity contribution in [3.8, 4) is 17.4 Å².